The first-order valence-electron chi connectivity index (χ1n) is 6.13. The largest absolute Gasteiger partial charge is 0.487 e. The van der Waals surface area contributed by atoms with E-state index in [1.807, 2.05) is 48.1 Å². The minimum Gasteiger partial charge on any atom is -0.487 e. The highest BCUT2D eigenvalue weighted by molar-refractivity contribution is 5.81. The lowest BCUT2D eigenvalue weighted by Gasteiger charge is -2.04. The van der Waals surface area contributed by atoms with Crippen LogP contribution in [0.15, 0.2) is 48.5 Å². The van der Waals surface area contributed by atoms with Crippen LogP contribution in [0.25, 0.3) is 10.9 Å². The molecule has 1 heterocycles. The third kappa shape index (κ3) is 2.25. The van der Waals surface area contributed by atoms with Crippen LogP contribution in [-0.4, -0.2) is 9.78 Å². The lowest BCUT2D eigenvalue weighted by molar-refractivity contribution is 0.301. The maximum Gasteiger partial charge on any atom is 0.133 e. The van der Waals surface area contributed by atoms with Crippen molar-refractivity contribution in [1.29, 1.82) is 0 Å². The van der Waals surface area contributed by atoms with Crippen LogP contribution in [0.2, 0.25) is 0 Å². The van der Waals surface area contributed by atoms with E-state index in [0.29, 0.717) is 6.61 Å². The maximum absolute atomic E-state index is 5.74. The molecule has 0 aliphatic rings. The van der Waals surface area contributed by atoms with Gasteiger partial charge >= 0.3 is 0 Å². The summed E-state index contributed by atoms with van der Waals surface area (Å²) in [6.45, 7) is 0.450. The average Bonchev–Trinajstić information content (AvgIpc) is 2.76. The molecule has 0 aliphatic heterocycles. The lowest BCUT2D eigenvalue weighted by Crippen LogP contribution is -1.98. The molecule has 0 radical (unpaired) electrons. The van der Waals surface area contributed by atoms with Crippen molar-refractivity contribution in [1.82, 2.24) is 9.78 Å². The first kappa shape index (κ1) is 11.6. The van der Waals surface area contributed by atoms with Gasteiger partial charge in [-0.1, -0.05) is 18.2 Å². The Hall–Kier alpha value is -2.49. The topological polar surface area (TPSA) is 53.1 Å². The highest BCUT2D eigenvalue weighted by Gasteiger charge is 2.08. The first-order chi connectivity index (χ1) is 9.24. The number of fused-ring (bicyclic) bond motifs is 1. The molecule has 0 amide bonds. The number of para-hydroxylation sites is 1. The van der Waals surface area contributed by atoms with E-state index in [2.05, 4.69) is 17.2 Å². The fourth-order valence-corrected chi connectivity index (χ4v) is 2.11. The van der Waals surface area contributed by atoms with Crippen LogP contribution in [0, 0.1) is 0 Å². The van der Waals surface area contributed by atoms with Crippen LogP contribution in [0.5, 0.6) is 5.75 Å². The predicted molar refractivity (Wildman–Crippen MR) is 75.9 cm³/mol. The molecule has 0 saturated heterocycles. The summed E-state index contributed by atoms with van der Waals surface area (Å²) < 4.78 is 7.61. The molecule has 1 aromatic heterocycles. The Bertz CT molecular complexity index is 701. The molecule has 0 spiro atoms. The van der Waals surface area contributed by atoms with Crippen molar-refractivity contribution in [2.45, 2.75) is 6.61 Å². The zero-order chi connectivity index (χ0) is 13.2. The number of aryl methyl sites for hydroxylation is 1. The third-order valence-corrected chi connectivity index (χ3v) is 3.09. The molecule has 4 nitrogen and oxygen atoms in total. The van der Waals surface area contributed by atoms with Gasteiger partial charge in [-0.15, -0.1) is 0 Å². The van der Waals surface area contributed by atoms with Crippen LogP contribution >= 0.6 is 0 Å². The highest BCUT2D eigenvalue weighted by Crippen LogP contribution is 2.20. The van der Waals surface area contributed by atoms with Gasteiger partial charge in [0.25, 0.3) is 0 Å². The quantitative estimate of drug-likeness (QED) is 0.730. The molecule has 0 unspecified atom stereocenters. The zero-order valence-electron chi connectivity index (χ0n) is 10.7. The van der Waals surface area contributed by atoms with E-state index in [-0.39, 0.29) is 0 Å². The molecule has 0 bridgehead atoms. The lowest BCUT2D eigenvalue weighted by atomic mass is 10.2. The van der Waals surface area contributed by atoms with Crippen LogP contribution in [-0.2, 0) is 13.7 Å². The van der Waals surface area contributed by atoms with Gasteiger partial charge in [0.05, 0.1) is 5.52 Å². The second kappa shape index (κ2) is 4.65. The zero-order valence-corrected chi connectivity index (χ0v) is 10.7. The summed E-state index contributed by atoms with van der Waals surface area (Å²) in [5.41, 5.74) is 8.42. The van der Waals surface area contributed by atoms with Gasteiger partial charge in [-0.2, -0.15) is 5.10 Å². The molecule has 3 rings (SSSR count). The molecule has 2 N–H and O–H groups in total. The summed E-state index contributed by atoms with van der Waals surface area (Å²) in [6, 6.07) is 15.5. The number of anilines is 1. The number of nitrogens with two attached hydrogens (primary N) is 1. The number of hydrogen-bond acceptors (Lipinski definition) is 3. The van der Waals surface area contributed by atoms with Crippen molar-refractivity contribution in [2.75, 3.05) is 5.73 Å². The molecule has 4 heteroatoms. The Morgan fingerprint density at radius 1 is 1.11 bits per heavy atom. The maximum atomic E-state index is 5.74. The Kier molecular flexibility index (Phi) is 2.83. The molecule has 96 valence electrons. The van der Waals surface area contributed by atoms with Crippen LogP contribution < -0.4 is 10.5 Å². The number of rotatable bonds is 3. The summed E-state index contributed by atoms with van der Waals surface area (Å²) in [4.78, 5) is 0. The second-order valence-electron chi connectivity index (χ2n) is 4.45. The first-order valence-corrected chi connectivity index (χ1v) is 6.13. The van der Waals surface area contributed by atoms with E-state index in [9.17, 15) is 0 Å². The third-order valence-electron chi connectivity index (χ3n) is 3.09. The van der Waals surface area contributed by atoms with E-state index in [0.717, 1.165) is 28.0 Å². The normalized spacial score (nSPS) is 10.8. The van der Waals surface area contributed by atoms with Gasteiger partial charge in [-0.3, -0.25) is 4.68 Å². The van der Waals surface area contributed by atoms with E-state index in [1.54, 1.807) is 0 Å². The van der Waals surface area contributed by atoms with Gasteiger partial charge in [0.2, 0.25) is 0 Å². The molecule has 19 heavy (non-hydrogen) atoms. The standard InChI is InChI=1S/C15H15N3O/c1-18-15-5-3-2-4-13(15)14(17-18)10-19-12-8-6-11(16)7-9-12/h2-9H,10,16H2,1H3. The second-order valence-corrected chi connectivity index (χ2v) is 4.45. The number of aromatic nitrogens is 2. The SMILES string of the molecule is Cn1nc(COc2ccc(N)cc2)c2ccccc21. The van der Waals surface area contributed by atoms with Crippen molar-refractivity contribution in [3.63, 3.8) is 0 Å². The Morgan fingerprint density at radius 3 is 2.63 bits per heavy atom. The van der Waals surface area contributed by atoms with Crippen molar-refractivity contribution in [3.05, 3.63) is 54.2 Å². The van der Waals surface area contributed by atoms with Crippen molar-refractivity contribution in [3.8, 4) is 5.75 Å². The Morgan fingerprint density at radius 2 is 1.84 bits per heavy atom. The van der Waals surface area contributed by atoms with E-state index < -0.39 is 0 Å². The van der Waals surface area contributed by atoms with E-state index in [4.69, 9.17) is 10.5 Å². The number of nitrogen functional groups attached to an aromatic ring is 1. The van der Waals surface area contributed by atoms with E-state index in [1.165, 1.54) is 0 Å². The number of ether oxygens (including phenoxy) is 1. The molecular weight excluding hydrogens is 238 g/mol. The summed E-state index contributed by atoms with van der Waals surface area (Å²) in [6.07, 6.45) is 0. The Balaban J connectivity index is 1.84. The van der Waals surface area contributed by atoms with E-state index >= 15 is 0 Å². The van der Waals surface area contributed by atoms with Crippen molar-refractivity contribution in [2.24, 2.45) is 7.05 Å². The number of nitrogens with zero attached hydrogens (tertiary/aromatic N) is 2. The van der Waals surface area contributed by atoms with Gasteiger partial charge < -0.3 is 10.5 Å². The number of hydrogen-bond donors (Lipinski definition) is 1. The van der Waals surface area contributed by atoms with Gasteiger partial charge in [-0.05, 0) is 30.3 Å². The van der Waals surface area contributed by atoms with Gasteiger partial charge in [0.1, 0.15) is 18.1 Å². The molecular formula is C15H15N3O. The summed E-state index contributed by atoms with van der Waals surface area (Å²) in [5, 5.41) is 5.61. The van der Waals surface area contributed by atoms with Gasteiger partial charge in [0, 0.05) is 18.1 Å². The highest BCUT2D eigenvalue weighted by atomic mass is 16.5. The smallest absolute Gasteiger partial charge is 0.133 e. The molecule has 2 aromatic carbocycles. The average molecular weight is 253 g/mol. The predicted octanol–water partition coefficient (Wildman–Crippen LogP) is 2.73. The minimum atomic E-state index is 0.450. The number of benzene rings is 2. The summed E-state index contributed by atoms with van der Waals surface area (Å²) >= 11 is 0. The van der Waals surface area contributed by atoms with Crippen LogP contribution in [0.1, 0.15) is 5.69 Å². The Labute approximate surface area is 111 Å². The van der Waals surface area contributed by atoms with Gasteiger partial charge in [0.15, 0.2) is 0 Å². The van der Waals surface area contributed by atoms with Gasteiger partial charge in [-0.25, -0.2) is 0 Å². The van der Waals surface area contributed by atoms with Crippen molar-refractivity contribution >= 4 is 16.6 Å². The molecule has 0 aliphatic carbocycles. The summed E-state index contributed by atoms with van der Waals surface area (Å²) in [5.74, 6) is 0.795. The summed E-state index contributed by atoms with van der Waals surface area (Å²) in [7, 11) is 1.94. The minimum absolute atomic E-state index is 0.450. The van der Waals surface area contributed by atoms with Crippen LogP contribution in [0.4, 0.5) is 5.69 Å². The molecule has 0 saturated carbocycles. The fraction of sp³-hybridized carbons (Fsp3) is 0.133. The molecule has 3 aromatic rings. The van der Waals surface area contributed by atoms with Crippen LogP contribution in [0.3, 0.4) is 0 Å². The molecule has 0 atom stereocenters. The fourth-order valence-electron chi connectivity index (χ4n) is 2.11. The molecule has 0 fully saturated rings. The monoisotopic (exact) mass is 253 g/mol. The van der Waals surface area contributed by atoms with Crippen molar-refractivity contribution < 1.29 is 4.74 Å².